The minimum Gasteiger partial charge on any atom is -0.342 e. The molecule has 2 heterocycles. The molecule has 1 aliphatic carbocycles. The van der Waals surface area contributed by atoms with E-state index in [-0.39, 0.29) is 5.91 Å². The Hall–Kier alpha value is -1.32. The van der Waals surface area contributed by atoms with Gasteiger partial charge in [0.2, 0.25) is 5.91 Å². The van der Waals surface area contributed by atoms with Gasteiger partial charge in [-0.2, -0.15) is 5.10 Å². The molecule has 17 heavy (non-hydrogen) atoms. The topological polar surface area (TPSA) is 38.1 Å². The number of nitrogens with zero attached hydrogens (tertiary/aromatic N) is 3. The van der Waals surface area contributed by atoms with Gasteiger partial charge in [-0.15, -0.1) is 0 Å². The van der Waals surface area contributed by atoms with Crippen LogP contribution >= 0.6 is 0 Å². The third-order valence-electron chi connectivity index (χ3n) is 4.41. The number of rotatable bonds is 1. The summed E-state index contributed by atoms with van der Waals surface area (Å²) < 4.78 is 2.09. The van der Waals surface area contributed by atoms with Gasteiger partial charge in [0.05, 0.1) is 6.04 Å². The fourth-order valence-corrected chi connectivity index (χ4v) is 3.28. The first-order chi connectivity index (χ1) is 8.19. The van der Waals surface area contributed by atoms with Crippen LogP contribution in [0, 0.1) is 5.41 Å². The Morgan fingerprint density at radius 2 is 2.06 bits per heavy atom. The summed E-state index contributed by atoms with van der Waals surface area (Å²) in [6.45, 7) is 3.63. The maximum absolute atomic E-state index is 11.2. The van der Waals surface area contributed by atoms with E-state index in [4.69, 9.17) is 0 Å². The lowest BCUT2D eigenvalue weighted by molar-refractivity contribution is -0.143. The number of amides is 1. The molecule has 1 aliphatic heterocycles. The molecule has 1 saturated heterocycles. The second-order valence-corrected chi connectivity index (χ2v) is 5.59. The molecule has 2 fully saturated rings. The lowest BCUT2D eigenvalue weighted by Crippen LogP contribution is -2.59. The molecule has 4 heteroatoms. The fourth-order valence-electron chi connectivity index (χ4n) is 3.28. The Morgan fingerprint density at radius 1 is 1.35 bits per heavy atom. The van der Waals surface area contributed by atoms with Crippen molar-refractivity contribution in [1.82, 2.24) is 14.7 Å². The largest absolute Gasteiger partial charge is 0.342 e. The number of hydrogen-bond donors (Lipinski definition) is 0. The zero-order chi connectivity index (χ0) is 11.9. The lowest BCUT2D eigenvalue weighted by Gasteiger charge is -2.53. The summed E-state index contributed by atoms with van der Waals surface area (Å²) in [5.74, 6) is 0.227. The van der Waals surface area contributed by atoms with Gasteiger partial charge in [0.25, 0.3) is 0 Å². The van der Waals surface area contributed by atoms with E-state index in [0.29, 0.717) is 11.5 Å². The predicted octanol–water partition coefficient (Wildman–Crippen LogP) is 1.85. The van der Waals surface area contributed by atoms with Crippen molar-refractivity contribution in [2.75, 3.05) is 13.1 Å². The van der Waals surface area contributed by atoms with Gasteiger partial charge in [-0.3, -0.25) is 9.48 Å². The van der Waals surface area contributed by atoms with E-state index in [0.717, 1.165) is 13.1 Å². The Balaban J connectivity index is 1.57. The molecule has 3 rings (SSSR count). The number of hydrogen-bond acceptors (Lipinski definition) is 2. The van der Waals surface area contributed by atoms with Crippen molar-refractivity contribution in [2.45, 2.75) is 38.6 Å². The SMILES string of the molecule is CC(=O)N1CC2(CCC(n3cccn3)CC2)C1. The molecule has 0 aromatic carbocycles. The number of carbonyl (C=O) groups excluding carboxylic acids is 1. The summed E-state index contributed by atoms with van der Waals surface area (Å²) in [5.41, 5.74) is 0.440. The number of aromatic nitrogens is 2. The average Bonchev–Trinajstić information content (AvgIpc) is 2.79. The second kappa shape index (κ2) is 3.86. The van der Waals surface area contributed by atoms with Crippen LogP contribution in [-0.4, -0.2) is 33.7 Å². The first-order valence-corrected chi connectivity index (χ1v) is 6.43. The maximum Gasteiger partial charge on any atom is 0.219 e. The predicted molar refractivity (Wildman–Crippen MR) is 64.4 cm³/mol. The third kappa shape index (κ3) is 1.85. The summed E-state index contributed by atoms with van der Waals surface area (Å²) in [4.78, 5) is 13.2. The van der Waals surface area contributed by atoms with Crippen LogP contribution in [0.4, 0.5) is 0 Å². The van der Waals surface area contributed by atoms with E-state index >= 15 is 0 Å². The maximum atomic E-state index is 11.2. The molecule has 1 saturated carbocycles. The van der Waals surface area contributed by atoms with E-state index < -0.39 is 0 Å². The van der Waals surface area contributed by atoms with E-state index in [2.05, 4.69) is 16.0 Å². The Labute approximate surface area is 102 Å². The summed E-state index contributed by atoms with van der Waals surface area (Å²) >= 11 is 0. The van der Waals surface area contributed by atoms with Crippen LogP contribution in [-0.2, 0) is 4.79 Å². The molecule has 1 aromatic rings. The van der Waals surface area contributed by atoms with Gasteiger partial charge < -0.3 is 4.90 Å². The van der Waals surface area contributed by atoms with Crippen LogP contribution in [0.15, 0.2) is 18.5 Å². The second-order valence-electron chi connectivity index (χ2n) is 5.59. The molecule has 2 aliphatic rings. The van der Waals surface area contributed by atoms with Gasteiger partial charge in [-0.05, 0) is 31.7 Å². The van der Waals surface area contributed by atoms with Crippen LogP contribution in [0.2, 0.25) is 0 Å². The summed E-state index contributed by atoms with van der Waals surface area (Å²) in [6.07, 6.45) is 8.79. The molecule has 0 atom stereocenters. The molecular formula is C13H19N3O. The lowest BCUT2D eigenvalue weighted by atomic mass is 9.67. The van der Waals surface area contributed by atoms with Crippen molar-refractivity contribution in [1.29, 1.82) is 0 Å². The van der Waals surface area contributed by atoms with Crippen molar-refractivity contribution in [3.05, 3.63) is 18.5 Å². The zero-order valence-electron chi connectivity index (χ0n) is 10.3. The van der Waals surface area contributed by atoms with Crippen LogP contribution in [0.1, 0.15) is 38.6 Å². The van der Waals surface area contributed by atoms with Crippen LogP contribution in [0.25, 0.3) is 0 Å². The van der Waals surface area contributed by atoms with Crippen molar-refractivity contribution >= 4 is 5.91 Å². The van der Waals surface area contributed by atoms with Crippen molar-refractivity contribution in [2.24, 2.45) is 5.41 Å². The molecular weight excluding hydrogens is 214 g/mol. The van der Waals surface area contributed by atoms with E-state index in [9.17, 15) is 4.79 Å². The van der Waals surface area contributed by atoms with Gasteiger partial charge in [0.1, 0.15) is 0 Å². The van der Waals surface area contributed by atoms with Crippen LogP contribution in [0.5, 0.6) is 0 Å². The highest BCUT2D eigenvalue weighted by Gasteiger charge is 2.46. The molecule has 92 valence electrons. The zero-order valence-corrected chi connectivity index (χ0v) is 10.3. The quantitative estimate of drug-likeness (QED) is 0.742. The smallest absolute Gasteiger partial charge is 0.219 e. The molecule has 1 spiro atoms. The molecule has 4 nitrogen and oxygen atoms in total. The third-order valence-corrected chi connectivity index (χ3v) is 4.41. The molecule has 0 radical (unpaired) electrons. The Morgan fingerprint density at radius 3 is 2.59 bits per heavy atom. The van der Waals surface area contributed by atoms with Gasteiger partial charge in [0, 0.05) is 37.8 Å². The standard InChI is InChI=1S/C13H19N3O/c1-11(17)15-9-13(10-15)5-3-12(4-6-13)16-8-2-7-14-16/h2,7-8,12H,3-6,9-10H2,1H3. The molecule has 0 N–H and O–H groups in total. The van der Waals surface area contributed by atoms with Gasteiger partial charge in [0.15, 0.2) is 0 Å². The normalized spacial score (nSPS) is 23.7. The molecule has 0 bridgehead atoms. The fraction of sp³-hybridized carbons (Fsp3) is 0.692. The number of likely N-dealkylation sites (tertiary alicyclic amines) is 1. The Bertz CT molecular complexity index is 396. The van der Waals surface area contributed by atoms with E-state index in [1.807, 2.05) is 17.2 Å². The first-order valence-electron chi connectivity index (χ1n) is 6.43. The van der Waals surface area contributed by atoms with Crippen LogP contribution in [0.3, 0.4) is 0 Å². The summed E-state index contributed by atoms with van der Waals surface area (Å²) in [6, 6.07) is 2.56. The summed E-state index contributed by atoms with van der Waals surface area (Å²) in [7, 11) is 0. The highest BCUT2D eigenvalue weighted by atomic mass is 16.2. The summed E-state index contributed by atoms with van der Waals surface area (Å²) in [5, 5.41) is 4.33. The minimum atomic E-state index is 0.227. The highest BCUT2D eigenvalue weighted by molar-refractivity contribution is 5.74. The van der Waals surface area contributed by atoms with Gasteiger partial charge >= 0.3 is 0 Å². The van der Waals surface area contributed by atoms with Crippen molar-refractivity contribution in [3.8, 4) is 0 Å². The van der Waals surface area contributed by atoms with Crippen molar-refractivity contribution in [3.63, 3.8) is 0 Å². The monoisotopic (exact) mass is 233 g/mol. The first kappa shape index (κ1) is 10.8. The Kier molecular flexibility index (Phi) is 2.45. The van der Waals surface area contributed by atoms with Crippen LogP contribution < -0.4 is 0 Å². The molecule has 1 amide bonds. The van der Waals surface area contributed by atoms with Gasteiger partial charge in [-0.1, -0.05) is 0 Å². The van der Waals surface area contributed by atoms with Gasteiger partial charge in [-0.25, -0.2) is 0 Å². The molecule has 1 aromatic heterocycles. The minimum absolute atomic E-state index is 0.227. The highest BCUT2D eigenvalue weighted by Crippen LogP contribution is 2.46. The number of carbonyl (C=O) groups is 1. The van der Waals surface area contributed by atoms with E-state index in [1.165, 1.54) is 25.7 Å². The van der Waals surface area contributed by atoms with E-state index in [1.54, 1.807) is 6.92 Å². The molecule has 0 unspecified atom stereocenters. The average molecular weight is 233 g/mol. The van der Waals surface area contributed by atoms with Crippen molar-refractivity contribution < 1.29 is 4.79 Å².